The van der Waals surface area contributed by atoms with Crippen molar-refractivity contribution < 1.29 is 13.2 Å². The summed E-state index contributed by atoms with van der Waals surface area (Å²) < 4.78 is 34.2. The van der Waals surface area contributed by atoms with Crippen LogP contribution in [0.25, 0.3) is 5.57 Å². The van der Waals surface area contributed by atoms with Crippen LogP contribution in [0.3, 0.4) is 0 Å². The molecular weight excluding hydrogens is 431 g/mol. The van der Waals surface area contributed by atoms with Crippen LogP contribution >= 0.6 is 23.2 Å². The van der Waals surface area contributed by atoms with E-state index in [2.05, 4.69) is 4.72 Å². The zero-order valence-corrected chi connectivity index (χ0v) is 18.7. The highest BCUT2D eigenvalue weighted by Gasteiger charge is 2.23. The van der Waals surface area contributed by atoms with Crippen LogP contribution in [-0.4, -0.2) is 47.2 Å². The number of hydrogen-bond donors (Lipinski definition) is 1. The van der Waals surface area contributed by atoms with E-state index in [1.165, 1.54) is 5.57 Å². The summed E-state index contributed by atoms with van der Waals surface area (Å²) in [6.07, 6.45) is 2.86. The molecular formula is C21H24Cl2N2O3S. The second-order valence-electron chi connectivity index (χ2n) is 7.19. The highest BCUT2D eigenvalue weighted by molar-refractivity contribution is 7.89. The zero-order chi connectivity index (χ0) is 21.0. The SMILES string of the molecule is CN(C)CC(NS(=O)(=O)c1ccc(C2=CCOCC2)cc1)c1ccc(Cl)c(Cl)c1. The molecule has 29 heavy (non-hydrogen) atoms. The Morgan fingerprint density at radius 1 is 1.10 bits per heavy atom. The van der Waals surface area contributed by atoms with Crippen LogP contribution in [0, 0.1) is 0 Å². The quantitative estimate of drug-likeness (QED) is 0.674. The van der Waals surface area contributed by atoms with Crippen LogP contribution in [0.5, 0.6) is 0 Å². The molecule has 8 heteroatoms. The summed E-state index contributed by atoms with van der Waals surface area (Å²) in [6, 6.07) is 11.6. The molecule has 0 saturated carbocycles. The second kappa shape index (κ2) is 9.60. The number of likely N-dealkylation sites (N-methyl/N-ethyl adjacent to an activating group) is 1. The van der Waals surface area contributed by atoms with Gasteiger partial charge >= 0.3 is 0 Å². The summed E-state index contributed by atoms with van der Waals surface area (Å²) in [5.74, 6) is 0. The fourth-order valence-corrected chi connectivity index (χ4v) is 4.72. The van der Waals surface area contributed by atoms with E-state index in [1.807, 2.05) is 37.2 Å². The molecule has 0 saturated heterocycles. The Balaban J connectivity index is 1.84. The van der Waals surface area contributed by atoms with Gasteiger partial charge in [-0.1, -0.05) is 47.5 Å². The minimum absolute atomic E-state index is 0.220. The molecule has 156 valence electrons. The minimum Gasteiger partial charge on any atom is -0.377 e. The minimum atomic E-state index is -3.72. The average molecular weight is 455 g/mol. The highest BCUT2D eigenvalue weighted by Crippen LogP contribution is 2.28. The standard InChI is InChI=1S/C21H24Cl2N2O3S/c1-25(2)14-21(17-5-8-19(22)20(23)13-17)24-29(26,27)18-6-3-15(4-7-18)16-9-11-28-12-10-16/h3-9,13,21,24H,10-12,14H2,1-2H3. The third-order valence-corrected chi connectivity index (χ3v) is 6.92. The van der Waals surface area contributed by atoms with E-state index in [9.17, 15) is 8.42 Å². The molecule has 2 aromatic rings. The predicted molar refractivity (Wildman–Crippen MR) is 118 cm³/mol. The molecule has 1 unspecified atom stereocenters. The Labute approximate surface area is 182 Å². The topological polar surface area (TPSA) is 58.6 Å². The molecule has 0 amide bonds. The lowest BCUT2D eigenvalue weighted by Crippen LogP contribution is -2.35. The number of nitrogens with one attached hydrogen (secondary N) is 1. The molecule has 0 aromatic heterocycles. The average Bonchev–Trinajstić information content (AvgIpc) is 2.70. The Kier molecular flexibility index (Phi) is 7.37. The van der Waals surface area contributed by atoms with Gasteiger partial charge in [0.05, 0.1) is 34.2 Å². The van der Waals surface area contributed by atoms with Gasteiger partial charge in [-0.05, 0) is 61.5 Å². The molecule has 1 heterocycles. The third-order valence-electron chi connectivity index (χ3n) is 4.69. The van der Waals surface area contributed by atoms with Crippen LogP contribution in [0.1, 0.15) is 23.6 Å². The predicted octanol–water partition coefficient (Wildman–Crippen LogP) is 4.38. The summed E-state index contributed by atoms with van der Waals surface area (Å²) in [6.45, 7) is 1.75. The van der Waals surface area contributed by atoms with E-state index >= 15 is 0 Å². The van der Waals surface area contributed by atoms with Gasteiger partial charge in [-0.25, -0.2) is 13.1 Å². The van der Waals surface area contributed by atoms with Crippen molar-refractivity contribution in [3.05, 3.63) is 69.7 Å². The van der Waals surface area contributed by atoms with Crippen LogP contribution in [-0.2, 0) is 14.8 Å². The first kappa shape index (κ1) is 22.3. The lowest BCUT2D eigenvalue weighted by Gasteiger charge is -2.23. The molecule has 0 spiro atoms. The normalized spacial score (nSPS) is 16.0. The molecule has 1 N–H and O–H groups in total. The lowest BCUT2D eigenvalue weighted by atomic mass is 10.0. The van der Waals surface area contributed by atoms with Gasteiger partial charge in [0.1, 0.15) is 0 Å². The Hall–Kier alpha value is -1.41. The summed E-state index contributed by atoms with van der Waals surface area (Å²) in [5, 5.41) is 0.820. The zero-order valence-electron chi connectivity index (χ0n) is 16.4. The van der Waals surface area contributed by atoms with Gasteiger partial charge in [0.15, 0.2) is 0 Å². The molecule has 5 nitrogen and oxygen atoms in total. The number of hydrogen-bond acceptors (Lipinski definition) is 4. The molecule has 0 aliphatic carbocycles. The van der Waals surface area contributed by atoms with E-state index < -0.39 is 16.1 Å². The number of ether oxygens (including phenoxy) is 1. The van der Waals surface area contributed by atoms with E-state index in [1.54, 1.807) is 30.3 Å². The maximum absolute atomic E-state index is 13.0. The molecule has 0 radical (unpaired) electrons. The van der Waals surface area contributed by atoms with Crippen molar-refractivity contribution in [3.63, 3.8) is 0 Å². The van der Waals surface area contributed by atoms with Gasteiger partial charge in [-0.3, -0.25) is 0 Å². The molecule has 1 aliphatic rings. The number of rotatable bonds is 7. The molecule has 0 fully saturated rings. The molecule has 3 rings (SSSR count). The molecule has 0 bridgehead atoms. The number of nitrogens with zero attached hydrogens (tertiary/aromatic N) is 1. The molecule has 2 aromatic carbocycles. The Morgan fingerprint density at radius 3 is 2.41 bits per heavy atom. The van der Waals surface area contributed by atoms with Gasteiger partial charge in [-0.15, -0.1) is 0 Å². The summed E-state index contributed by atoms with van der Waals surface area (Å²) in [5.41, 5.74) is 2.94. The summed E-state index contributed by atoms with van der Waals surface area (Å²) in [7, 11) is 0.0477. The van der Waals surface area contributed by atoms with Gasteiger partial charge < -0.3 is 9.64 Å². The van der Waals surface area contributed by atoms with E-state index in [-0.39, 0.29) is 4.90 Å². The first-order valence-electron chi connectivity index (χ1n) is 9.25. The maximum atomic E-state index is 13.0. The second-order valence-corrected chi connectivity index (χ2v) is 9.72. The highest BCUT2D eigenvalue weighted by atomic mass is 35.5. The maximum Gasteiger partial charge on any atom is 0.241 e. The van der Waals surface area contributed by atoms with E-state index in [0.717, 1.165) is 17.5 Å². The van der Waals surface area contributed by atoms with E-state index in [0.29, 0.717) is 29.8 Å². The monoisotopic (exact) mass is 454 g/mol. The first-order valence-corrected chi connectivity index (χ1v) is 11.5. The van der Waals surface area contributed by atoms with Crippen LogP contribution in [0.2, 0.25) is 10.0 Å². The van der Waals surface area contributed by atoms with Crippen molar-refractivity contribution in [2.24, 2.45) is 0 Å². The van der Waals surface area contributed by atoms with E-state index in [4.69, 9.17) is 27.9 Å². The van der Waals surface area contributed by atoms with Gasteiger partial charge in [-0.2, -0.15) is 0 Å². The molecule has 1 aliphatic heterocycles. The van der Waals surface area contributed by atoms with Gasteiger partial charge in [0.2, 0.25) is 10.0 Å². The smallest absolute Gasteiger partial charge is 0.241 e. The lowest BCUT2D eigenvalue weighted by molar-refractivity contribution is 0.161. The number of halogens is 2. The van der Waals surface area contributed by atoms with Crippen LogP contribution in [0.4, 0.5) is 0 Å². The number of sulfonamides is 1. The van der Waals surface area contributed by atoms with Crippen molar-refractivity contribution >= 4 is 38.8 Å². The summed E-state index contributed by atoms with van der Waals surface area (Å²) >= 11 is 12.1. The van der Waals surface area contributed by atoms with Crippen molar-refractivity contribution in [1.82, 2.24) is 9.62 Å². The van der Waals surface area contributed by atoms with Crippen molar-refractivity contribution in [2.45, 2.75) is 17.4 Å². The van der Waals surface area contributed by atoms with Crippen LogP contribution < -0.4 is 4.72 Å². The number of benzene rings is 2. The molecule has 1 atom stereocenters. The van der Waals surface area contributed by atoms with Crippen molar-refractivity contribution in [1.29, 1.82) is 0 Å². The van der Waals surface area contributed by atoms with Crippen LogP contribution in [0.15, 0.2) is 53.4 Å². The third kappa shape index (κ3) is 5.81. The fraction of sp³-hybridized carbons (Fsp3) is 0.333. The van der Waals surface area contributed by atoms with Gasteiger partial charge in [0.25, 0.3) is 0 Å². The summed E-state index contributed by atoms with van der Waals surface area (Å²) in [4.78, 5) is 2.13. The van der Waals surface area contributed by atoms with Crippen molar-refractivity contribution in [2.75, 3.05) is 33.9 Å². The first-order chi connectivity index (χ1) is 13.8. The Bertz CT molecular complexity index is 989. The fourth-order valence-electron chi connectivity index (χ4n) is 3.20. The largest absolute Gasteiger partial charge is 0.377 e. The van der Waals surface area contributed by atoms with Gasteiger partial charge in [0, 0.05) is 6.54 Å². The Morgan fingerprint density at radius 2 is 1.83 bits per heavy atom. The van der Waals surface area contributed by atoms with Crippen molar-refractivity contribution in [3.8, 4) is 0 Å².